The van der Waals surface area contributed by atoms with Gasteiger partial charge in [-0.05, 0) is 34.6 Å². The molecule has 0 aliphatic carbocycles. The smallest absolute Gasteiger partial charge is 0.287 e. The molecule has 1 fully saturated rings. The highest BCUT2D eigenvalue weighted by molar-refractivity contribution is 9.10. The van der Waals surface area contributed by atoms with Crippen molar-refractivity contribution in [1.29, 1.82) is 0 Å². The lowest BCUT2D eigenvalue weighted by atomic mass is 10.1. The van der Waals surface area contributed by atoms with Gasteiger partial charge in [-0.25, -0.2) is 0 Å². The van der Waals surface area contributed by atoms with E-state index in [1.165, 1.54) is 0 Å². The Bertz CT molecular complexity index is 358. The van der Waals surface area contributed by atoms with Crippen LogP contribution in [0.2, 0.25) is 0 Å². The van der Waals surface area contributed by atoms with E-state index in [0.717, 1.165) is 19.6 Å². The summed E-state index contributed by atoms with van der Waals surface area (Å²) in [5.41, 5.74) is 0. The fourth-order valence-electron chi connectivity index (χ4n) is 1.61. The molecule has 4 nitrogen and oxygen atoms in total. The number of nitrogens with one attached hydrogen (secondary N) is 1. The molecule has 1 aromatic heterocycles. The van der Waals surface area contributed by atoms with E-state index >= 15 is 0 Å². The lowest BCUT2D eigenvalue weighted by molar-refractivity contribution is 0.0797. The largest absolute Gasteiger partial charge is 0.444 e. The normalized spacial score (nSPS) is 17.5. The van der Waals surface area contributed by atoms with Crippen LogP contribution >= 0.6 is 15.9 Å². The highest BCUT2D eigenvalue weighted by Gasteiger charge is 2.27. The second kappa shape index (κ2) is 4.37. The molecule has 1 aliphatic rings. The number of carbonyl (C=O) groups excluding carboxylic acids is 1. The van der Waals surface area contributed by atoms with Crippen molar-refractivity contribution in [2.24, 2.45) is 0 Å². The highest BCUT2D eigenvalue weighted by Crippen LogP contribution is 2.14. The summed E-state index contributed by atoms with van der Waals surface area (Å²) in [7, 11) is 0. The Morgan fingerprint density at radius 1 is 1.67 bits per heavy atom. The number of hydrogen-bond acceptors (Lipinski definition) is 3. The zero-order valence-corrected chi connectivity index (χ0v) is 10.1. The molecule has 0 saturated carbocycles. The van der Waals surface area contributed by atoms with Crippen LogP contribution in [0.3, 0.4) is 0 Å². The van der Waals surface area contributed by atoms with Crippen LogP contribution in [0.1, 0.15) is 17.5 Å². The van der Waals surface area contributed by atoms with Crippen molar-refractivity contribution in [3.63, 3.8) is 0 Å². The van der Waals surface area contributed by atoms with E-state index in [4.69, 9.17) is 4.42 Å². The van der Waals surface area contributed by atoms with Crippen molar-refractivity contribution < 1.29 is 9.21 Å². The molecule has 1 saturated heterocycles. The van der Waals surface area contributed by atoms with Crippen LogP contribution in [0, 0.1) is 0 Å². The van der Waals surface area contributed by atoms with E-state index in [2.05, 4.69) is 33.1 Å². The first-order chi connectivity index (χ1) is 7.19. The number of likely N-dealkylation sites (tertiary alicyclic amines) is 1. The van der Waals surface area contributed by atoms with Crippen LogP contribution in [0.25, 0.3) is 0 Å². The monoisotopic (exact) mass is 272 g/mol. The Hall–Kier alpha value is -0.810. The molecule has 1 N–H and O–H groups in total. The Balaban J connectivity index is 1.84. The summed E-state index contributed by atoms with van der Waals surface area (Å²) in [6.45, 7) is 5.02. The summed E-state index contributed by atoms with van der Waals surface area (Å²) < 4.78 is 5.74. The number of nitrogens with zero attached hydrogens (tertiary/aromatic N) is 1. The summed E-state index contributed by atoms with van der Waals surface area (Å²) in [5, 5.41) is 2.92. The van der Waals surface area contributed by atoms with E-state index in [1.807, 2.05) is 0 Å². The van der Waals surface area contributed by atoms with Gasteiger partial charge in [0, 0.05) is 13.1 Å². The zero-order chi connectivity index (χ0) is 10.8. The van der Waals surface area contributed by atoms with Crippen molar-refractivity contribution >= 4 is 21.8 Å². The molecule has 1 amide bonds. The predicted molar refractivity (Wildman–Crippen MR) is 59.8 cm³/mol. The van der Waals surface area contributed by atoms with Gasteiger partial charge in [0.2, 0.25) is 0 Å². The summed E-state index contributed by atoms with van der Waals surface area (Å²) >= 11 is 3.16. The lowest BCUT2D eigenvalue weighted by Crippen LogP contribution is -2.58. The van der Waals surface area contributed by atoms with E-state index in [1.54, 1.807) is 12.1 Å². The van der Waals surface area contributed by atoms with Crippen molar-refractivity contribution in [1.82, 2.24) is 10.2 Å². The second-order valence-corrected chi connectivity index (χ2v) is 4.41. The van der Waals surface area contributed by atoms with Crippen LogP contribution in [0.15, 0.2) is 21.2 Å². The van der Waals surface area contributed by atoms with Gasteiger partial charge in [0.05, 0.1) is 6.04 Å². The highest BCUT2D eigenvalue weighted by atomic mass is 79.9. The third-order valence-electron chi connectivity index (χ3n) is 2.54. The molecule has 0 bridgehead atoms. The first kappa shape index (κ1) is 10.7. The van der Waals surface area contributed by atoms with E-state index < -0.39 is 0 Å². The molecule has 15 heavy (non-hydrogen) atoms. The number of rotatable bonds is 3. The number of amides is 1. The fourth-order valence-corrected chi connectivity index (χ4v) is 1.92. The van der Waals surface area contributed by atoms with Crippen molar-refractivity contribution in [2.45, 2.75) is 13.0 Å². The minimum Gasteiger partial charge on any atom is -0.444 e. The number of likely N-dealkylation sites (N-methyl/N-ethyl adjacent to an activating group) is 1. The summed E-state index contributed by atoms with van der Waals surface area (Å²) in [6, 6.07) is 3.64. The quantitative estimate of drug-likeness (QED) is 0.907. The van der Waals surface area contributed by atoms with Crippen molar-refractivity contribution in [2.75, 3.05) is 19.6 Å². The number of halogens is 1. The lowest BCUT2D eigenvalue weighted by Gasteiger charge is -2.38. The van der Waals surface area contributed by atoms with Gasteiger partial charge in [-0.3, -0.25) is 9.69 Å². The van der Waals surface area contributed by atoms with Crippen LogP contribution in [0.4, 0.5) is 0 Å². The third kappa shape index (κ3) is 2.41. The van der Waals surface area contributed by atoms with Crippen LogP contribution < -0.4 is 5.32 Å². The van der Waals surface area contributed by atoms with Crippen LogP contribution in [0.5, 0.6) is 0 Å². The molecule has 2 rings (SSSR count). The molecule has 0 atom stereocenters. The number of carbonyl (C=O) groups is 1. The topological polar surface area (TPSA) is 45.5 Å². The summed E-state index contributed by atoms with van der Waals surface area (Å²) in [5.74, 6) is 0.221. The molecule has 1 aromatic rings. The first-order valence-corrected chi connectivity index (χ1v) is 5.77. The van der Waals surface area contributed by atoms with Crippen molar-refractivity contribution in [3.05, 3.63) is 22.6 Å². The molecule has 5 heteroatoms. The second-order valence-electron chi connectivity index (χ2n) is 3.63. The van der Waals surface area contributed by atoms with E-state index in [-0.39, 0.29) is 11.9 Å². The number of hydrogen-bond donors (Lipinski definition) is 1. The molecule has 0 unspecified atom stereocenters. The molecular formula is C10H13BrN2O2. The van der Waals surface area contributed by atoms with Gasteiger partial charge in [0.25, 0.3) is 5.91 Å². The Morgan fingerprint density at radius 3 is 2.93 bits per heavy atom. The molecule has 0 spiro atoms. The molecule has 0 aromatic carbocycles. The zero-order valence-electron chi connectivity index (χ0n) is 8.50. The summed E-state index contributed by atoms with van der Waals surface area (Å²) in [4.78, 5) is 13.9. The molecule has 0 radical (unpaired) electrons. The van der Waals surface area contributed by atoms with Crippen LogP contribution in [-0.4, -0.2) is 36.5 Å². The first-order valence-electron chi connectivity index (χ1n) is 4.97. The molecule has 82 valence electrons. The Morgan fingerprint density at radius 2 is 2.40 bits per heavy atom. The van der Waals surface area contributed by atoms with Gasteiger partial charge in [0.15, 0.2) is 10.4 Å². The van der Waals surface area contributed by atoms with Gasteiger partial charge in [-0.1, -0.05) is 6.92 Å². The number of furan rings is 1. The standard InChI is InChI=1S/C10H13BrN2O2/c1-2-13-5-7(6-13)12-10(14)8-3-4-9(11)15-8/h3-4,7H,2,5-6H2,1H3,(H,12,14). The Kier molecular flexibility index (Phi) is 3.11. The Labute approximate surface area is 96.7 Å². The average Bonchev–Trinajstić information content (AvgIpc) is 2.57. The molecule has 1 aliphatic heterocycles. The maximum atomic E-state index is 11.6. The average molecular weight is 273 g/mol. The minimum absolute atomic E-state index is 0.138. The fraction of sp³-hybridized carbons (Fsp3) is 0.500. The third-order valence-corrected chi connectivity index (χ3v) is 2.96. The molecule has 2 heterocycles. The molecular weight excluding hydrogens is 260 g/mol. The van der Waals surface area contributed by atoms with Crippen LogP contribution in [-0.2, 0) is 0 Å². The van der Waals surface area contributed by atoms with Gasteiger partial charge < -0.3 is 9.73 Å². The van der Waals surface area contributed by atoms with Gasteiger partial charge >= 0.3 is 0 Å². The van der Waals surface area contributed by atoms with Gasteiger partial charge in [0.1, 0.15) is 0 Å². The summed E-state index contributed by atoms with van der Waals surface area (Å²) in [6.07, 6.45) is 0. The maximum absolute atomic E-state index is 11.6. The predicted octanol–water partition coefficient (Wildman–Crippen LogP) is 1.48. The van der Waals surface area contributed by atoms with Gasteiger partial charge in [-0.2, -0.15) is 0 Å². The van der Waals surface area contributed by atoms with Crippen molar-refractivity contribution in [3.8, 4) is 0 Å². The SMILES string of the molecule is CCN1CC(NC(=O)c2ccc(Br)o2)C1. The van der Waals surface area contributed by atoms with E-state index in [9.17, 15) is 4.79 Å². The van der Waals surface area contributed by atoms with Gasteiger partial charge in [-0.15, -0.1) is 0 Å². The van der Waals surface area contributed by atoms with E-state index in [0.29, 0.717) is 10.4 Å². The minimum atomic E-state index is -0.138. The maximum Gasteiger partial charge on any atom is 0.287 e.